The van der Waals surface area contributed by atoms with Crippen LogP contribution in [0.4, 0.5) is 34.1 Å². The number of hydrogen-bond donors (Lipinski definition) is 0. The van der Waals surface area contributed by atoms with E-state index in [2.05, 4.69) is 262 Å². The summed E-state index contributed by atoms with van der Waals surface area (Å²) in [6, 6.07) is 81.4. The summed E-state index contributed by atoms with van der Waals surface area (Å²) in [6.45, 7) is 0.848. The molecule has 1 aliphatic rings. The zero-order valence-corrected chi connectivity index (χ0v) is 36.0. The zero-order valence-electron chi connectivity index (χ0n) is 36.0. The molecule has 0 radical (unpaired) electrons. The SMILES string of the molecule is C1=CC(Cn2c3ccccc3c3ccc(N(c4ccccc4)c4ccc(-c5ccc(N(c6ccccc6)c6ccc7c8ccccc8n(-c8ccccc8)c7c6)cc5)cc4)cc32)=CCC1. The van der Waals surface area contributed by atoms with Gasteiger partial charge in [0, 0.05) is 73.4 Å². The standard InChI is InChI=1S/C61H46N4/c1-5-17-44(18-6-1)43-62-58-27-15-13-25-54(58)56-39-37-52(41-60(56)62)63(47-19-7-2-8-20-47)50-33-29-45(30-34-50)46-31-35-51(36-32-46)64(48-21-9-3-10-22-48)53-38-40-57-55-26-14-16-28-59(55)65(61(57)42-53)49-23-11-4-12-24-49/h2-5,7-42H,1,6,43H2. The van der Waals surface area contributed by atoms with E-state index in [0.717, 1.165) is 70.3 Å². The maximum absolute atomic E-state index is 2.49. The Labute approximate surface area is 379 Å². The molecule has 0 amide bonds. The third-order valence-corrected chi connectivity index (χ3v) is 13.0. The minimum absolute atomic E-state index is 0.848. The van der Waals surface area contributed by atoms with Gasteiger partial charge in [0.2, 0.25) is 0 Å². The van der Waals surface area contributed by atoms with Gasteiger partial charge >= 0.3 is 0 Å². The predicted octanol–water partition coefficient (Wildman–Crippen LogP) is 16.8. The van der Waals surface area contributed by atoms with E-state index in [0.29, 0.717) is 0 Å². The molecule has 1 aliphatic carbocycles. The first-order valence-corrected chi connectivity index (χ1v) is 22.6. The molecule has 310 valence electrons. The molecule has 65 heavy (non-hydrogen) atoms. The minimum atomic E-state index is 0.848. The molecule has 0 fully saturated rings. The molecular weight excluding hydrogens is 789 g/mol. The molecular formula is C61H46N4. The van der Waals surface area contributed by atoms with Crippen LogP contribution in [0.1, 0.15) is 12.8 Å². The van der Waals surface area contributed by atoms with E-state index in [1.54, 1.807) is 0 Å². The average Bonchev–Trinajstić information content (AvgIpc) is 3.87. The molecule has 0 aliphatic heterocycles. The molecule has 0 bridgehead atoms. The normalized spacial score (nSPS) is 12.6. The van der Waals surface area contributed by atoms with Gasteiger partial charge < -0.3 is 18.9 Å². The fraction of sp³-hybridized carbons (Fsp3) is 0.0492. The molecule has 0 saturated heterocycles. The molecule has 0 atom stereocenters. The number of hydrogen-bond acceptors (Lipinski definition) is 2. The van der Waals surface area contributed by atoms with Crippen LogP contribution in [0.3, 0.4) is 0 Å². The molecule has 4 nitrogen and oxygen atoms in total. The van der Waals surface area contributed by atoms with E-state index in [1.165, 1.54) is 49.2 Å². The Hall–Kier alpha value is -8.34. The van der Waals surface area contributed by atoms with Crippen LogP contribution < -0.4 is 9.80 Å². The van der Waals surface area contributed by atoms with Crippen molar-refractivity contribution in [2.24, 2.45) is 0 Å². The maximum atomic E-state index is 2.49. The second-order valence-corrected chi connectivity index (χ2v) is 16.9. The van der Waals surface area contributed by atoms with Gasteiger partial charge in [-0.2, -0.15) is 0 Å². The van der Waals surface area contributed by atoms with Crippen molar-refractivity contribution in [1.29, 1.82) is 0 Å². The van der Waals surface area contributed by atoms with Crippen molar-refractivity contribution in [1.82, 2.24) is 9.13 Å². The number of anilines is 6. The van der Waals surface area contributed by atoms with Gasteiger partial charge in [-0.05, 0) is 127 Å². The second-order valence-electron chi connectivity index (χ2n) is 16.9. The second kappa shape index (κ2) is 16.4. The summed E-state index contributed by atoms with van der Waals surface area (Å²) < 4.78 is 4.88. The highest BCUT2D eigenvalue weighted by atomic mass is 15.2. The van der Waals surface area contributed by atoms with Crippen LogP contribution in [0, 0.1) is 0 Å². The molecule has 2 aromatic heterocycles. The van der Waals surface area contributed by atoms with Gasteiger partial charge in [0.15, 0.2) is 0 Å². The van der Waals surface area contributed by atoms with Gasteiger partial charge in [0.25, 0.3) is 0 Å². The van der Waals surface area contributed by atoms with Crippen molar-refractivity contribution in [3.05, 3.63) is 248 Å². The number of rotatable bonds is 10. The van der Waals surface area contributed by atoms with E-state index < -0.39 is 0 Å². The maximum Gasteiger partial charge on any atom is 0.0561 e. The van der Waals surface area contributed by atoms with Gasteiger partial charge in [-0.25, -0.2) is 0 Å². The van der Waals surface area contributed by atoms with Crippen LogP contribution in [0.15, 0.2) is 248 Å². The Bertz CT molecular complexity index is 3540. The van der Waals surface area contributed by atoms with Crippen molar-refractivity contribution in [2.45, 2.75) is 19.4 Å². The third-order valence-electron chi connectivity index (χ3n) is 13.0. The van der Waals surface area contributed by atoms with Crippen LogP contribution >= 0.6 is 0 Å². The van der Waals surface area contributed by atoms with Crippen molar-refractivity contribution < 1.29 is 0 Å². The molecule has 0 N–H and O–H groups in total. The molecule has 9 aromatic carbocycles. The van der Waals surface area contributed by atoms with E-state index in [9.17, 15) is 0 Å². The molecule has 0 saturated carbocycles. The summed E-state index contributed by atoms with van der Waals surface area (Å²) in [5, 5.41) is 5.05. The first kappa shape index (κ1) is 38.3. The smallest absolute Gasteiger partial charge is 0.0561 e. The first-order valence-electron chi connectivity index (χ1n) is 22.6. The Morgan fingerprint density at radius 3 is 1.37 bits per heavy atom. The Balaban J connectivity index is 0.902. The number of allylic oxidation sites excluding steroid dienone is 4. The van der Waals surface area contributed by atoms with Crippen molar-refractivity contribution in [3.63, 3.8) is 0 Å². The Morgan fingerprint density at radius 1 is 0.354 bits per heavy atom. The Kier molecular flexibility index (Phi) is 9.68. The summed E-state index contributed by atoms with van der Waals surface area (Å²) in [6.07, 6.45) is 9.21. The quantitative estimate of drug-likeness (QED) is 0.136. The molecule has 4 heteroatoms. The van der Waals surface area contributed by atoms with E-state index >= 15 is 0 Å². The van der Waals surface area contributed by atoms with Gasteiger partial charge in [-0.15, -0.1) is 0 Å². The van der Waals surface area contributed by atoms with Crippen molar-refractivity contribution in [3.8, 4) is 16.8 Å². The molecule has 0 spiro atoms. The number of aromatic nitrogens is 2. The highest BCUT2D eigenvalue weighted by Gasteiger charge is 2.20. The van der Waals surface area contributed by atoms with Gasteiger partial charge in [0.05, 0.1) is 16.6 Å². The summed E-state index contributed by atoms with van der Waals surface area (Å²) in [5.74, 6) is 0. The summed E-state index contributed by atoms with van der Waals surface area (Å²) in [5.41, 5.74) is 16.4. The van der Waals surface area contributed by atoms with Crippen LogP contribution in [-0.2, 0) is 6.54 Å². The number of para-hydroxylation sites is 5. The van der Waals surface area contributed by atoms with Crippen LogP contribution in [-0.4, -0.2) is 9.13 Å². The zero-order chi connectivity index (χ0) is 43.1. The lowest BCUT2D eigenvalue weighted by molar-refractivity contribution is 0.846. The lowest BCUT2D eigenvalue weighted by atomic mass is 10.0. The summed E-state index contributed by atoms with van der Waals surface area (Å²) in [7, 11) is 0. The van der Waals surface area contributed by atoms with Gasteiger partial charge in [-0.3, -0.25) is 0 Å². The van der Waals surface area contributed by atoms with Crippen LogP contribution in [0.5, 0.6) is 0 Å². The number of benzene rings is 9. The van der Waals surface area contributed by atoms with E-state index in [4.69, 9.17) is 0 Å². The third kappa shape index (κ3) is 6.97. The van der Waals surface area contributed by atoms with E-state index in [1.807, 2.05) is 0 Å². The van der Waals surface area contributed by atoms with Gasteiger partial charge in [-0.1, -0.05) is 146 Å². The largest absolute Gasteiger partial charge is 0.336 e. The Morgan fingerprint density at radius 2 is 0.800 bits per heavy atom. The highest BCUT2D eigenvalue weighted by Crippen LogP contribution is 2.42. The molecule has 11 aromatic rings. The fourth-order valence-electron chi connectivity index (χ4n) is 9.92. The van der Waals surface area contributed by atoms with Crippen LogP contribution in [0.2, 0.25) is 0 Å². The van der Waals surface area contributed by atoms with Gasteiger partial charge in [0.1, 0.15) is 0 Å². The highest BCUT2D eigenvalue weighted by molar-refractivity contribution is 6.11. The summed E-state index contributed by atoms with van der Waals surface area (Å²) in [4.78, 5) is 4.73. The average molecular weight is 835 g/mol. The number of fused-ring (bicyclic) bond motifs is 6. The van der Waals surface area contributed by atoms with E-state index in [-0.39, 0.29) is 0 Å². The fourth-order valence-corrected chi connectivity index (χ4v) is 9.92. The predicted molar refractivity (Wildman–Crippen MR) is 275 cm³/mol. The lowest BCUT2D eigenvalue weighted by Gasteiger charge is -2.26. The monoisotopic (exact) mass is 834 g/mol. The van der Waals surface area contributed by atoms with Crippen molar-refractivity contribution in [2.75, 3.05) is 9.80 Å². The lowest BCUT2D eigenvalue weighted by Crippen LogP contribution is -2.10. The first-order chi connectivity index (χ1) is 32.2. The molecule has 0 unspecified atom stereocenters. The van der Waals surface area contributed by atoms with Crippen LogP contribution in [0.25, 0.3) is 60.4 Å². The number of nitrogens with zero attached hydrogens (tertiary/aromatic N) is 4. The van der Waals surface area contributed by atoms with Crippen molar-refractivity contribution >= 4 is 77.7 Å². The topological polar surface area (TPSA) is 16.3 Å². The molecule has 2 heterocycles. The summed E-state index contributed by atoms with van der Waals surface area (Å²) >= 11 is 0. The molecule has 12 rings (SSSR count). The minimum Gasteiger partial charge on any atom is -0.336 e.